The Kier molecular flexibility index (Phi) is 4.49. The van der Waals surface area contributed by atoms with Gasteiger partial charge in [0.15, 0.2) is 0 Å². The Morgan fingerprint density at radius 3 is 2.48 bits per heavy atom. The van der Waals surface area contributed by atoms with Crippen molar-refractivity contribution in [2.75, 3.05) is 0 Å². The van der Waals surface area contributed by atoms with E-state index in [0.717, 1.165) is 6.07 Å². The Morgan fingerprint density at radius 1 is 1.24 bits per heavy atom. The highest BCUT2D eigenvalue weighted by Gasteiger charge is 2.11. The van der Waals surface area contributed by atoms with E-state index in [1.165, 1.54) is 36.4 Å². The smallest absolute Gasteiger partial charge is 0.338 e. The van der Waals surface area contributed by atoms with Gasteiger partial charge in [-0.25, -0.2) is 9.18 Å². The lowest BCUT2D eigenvalue weighted by Crippen LogP contribution is -2.05. The van der Waals surface area contributed by atoms with Crippen LogP contribution < -0.4 is 0 Å². The van der Waals surface area contributed by atoms with Gasteiger partial charge >= 0.3 is 5.97 Å². The quantitative estimate of drug-likeness (QED) is 0.490. The number of halogens is 2. The number of rotatable bonds is 4. The number of nitro benzene ring substituents is 1. The lowest BCUT2D eigenvalue weighted by molar-refractivity contribution is -0.384. The lowest BCUT2D eigenvalue weighted by Gasteiger charge is -2.06. The third-order valence-electron chi connectivity index (χ3n) is 2.69. The molecule has 0 saturated carbocycles. The van der Waals surface area contributed by atoms with E-state index < -0.39 is 16.7 Å². The molecule has 0 spiro atoms. The Balaban J connectivity index is 2.02. The summed E-state index contributed by atoms with van der Waals surface area (Å²) in [6.45, 7) is -0.116. The largest absolute Gasteiger partial charge is 0.457 e. The van der Waals surface area contributed by atoms with Crippen LogP contribution in [0.25, 0.3) is 0 Å². The van der Waals surface area contributed by atoms with Crippen molar-refractivity contribution in [1.29, 1.82) is 0 Å². The molecule has 0 saturated heterocycles. The predicted molar refractivity (Wildman–Crippen MR) is 73.6 cm³/mol. The second-order valence-corrected chi connectivity index (χ2v) is 4.52. The molecule has 21 heavy (non-hydrogen) atoms. The first-order valence-electron chi connectivity index (χ1n) is 5.83. The zero-order valence-electron chi connectivity index (χ0n) is 10.6. The monoisotopic (exact) mass is 309 g/mol. The van der Waals surface area contributed by atoms with E-state index in [-0.39, 0.29) is 22.9 Å². The molecule has 0 aliphatic rings. The molecule has 0 bridgehead atoms. The van der Waals surface area contributed by atoms with Gasteiger partial charge in [-0.15, -0.1) is 0 Å². The molecule has 0 aromatic heterocycles. The average molecular weight is 310 g/mol. The van der Waals surface area contributed by atoms with Gasteiger partial charge in [0.05, 0.1) is 15.5 Å². The van der Waals surface area contributed by atoms with Gasteiger partial charge in [0.2, 0.25) is 0 Å². The van der Waals surface area contributed by atoms with Crippen LogP contribution in [0.3, 0.4) is 0 Å². The molecule has 0 atom stereocenters. The van der Waals surface area contributed by atoms with Gasteiger partial charge in [-0.3, -0.25) is 10.1 Å². The summed E-state index contributed by atoms with van der Waals surface area (Å²) in [7, 11) is 0. The van der Waals surface area contributed by atoms with Gasteiger partial charge in [0.25, 0.3) is 5.69 Å². The molecule has 0 unspecified atom stereocenters. The molecule has 0 radical (unpaired) electrons. The average Bonchev–Trinajstić information content (AvgIpc) is 2.46. The molecule has 7 heteroatoms. The number of ether oxygens (including phenoxy) is 1. The minimum Gasteiger partial charge on any atom is -0.457 e. The van der Waals surface area contributed by atoms with Crippen molar-refractivity contribution in [1.82, 2.24) is 0 Å². The summed E-state index contributed by atoms with van der Waals surface area (Å²) >= 11 is 5.81. The molecule has 2 aromatic rings. The second-order valence-electron chi connectivity index (χ2n) is 4.12. The number of hydrogen-bond acceptors (Lipinski definition) is 4. The van der Waals surface area contributed by atoms with Crippen molar-refractivity contribution in [3.63, 3.8) is 0 Å². The van der Waals surface area contributed by atoms with Gasteiger partial charge in [0.1, 0.15) is 12.4 Å². The number of esters is 1. The highest BCUT2D eigenvalue weighted by Crippen LogP contribution is 2.19. The Bertz CT molecular complexity index is 688. The number of benzene rings is 2. The molecule has 108 valence electrons. The topological polar surface area (TPSA) is 69.4 Å². The number of nitro groups is 1. The van der Waals surface area contributed by atoms with Crippen LogP contribution >= 0.6 is 11.6 Å². The van der Waals surface area contributed by atoms with Crippen molar-refractivity contribution < 1.29 is 18.8 Å². The summed E-state index contributed by atoms with van der Waals surface area (Å²) in [5.41, 5.74) is 0.528. The van der Waals surface area contributed by atoms with Crippen LogP contribution in [-0.2, 0) is 11.3 Å². The second kappa shape index (κ2) is 6.32. The van der Waals surface area contributed by atoms with Crippen LogP contribution in [0.5, 0.6) is 0 Å². The maximum absolute atomic E-state index is 12.9. The van der Waals surface area contributed by atoms with E-state index in [0.29, 0.717) is 5.56 Å². The number of carbonyl (C=O) groups excluding carboxylic acids is 1. The van der Waals surface area contributed by atoms with Crippen molar-refractivity contribution in [3.05, 3.63) is 74.5 Å². The summed E-state index contributed by atoms with van der Waals surface area (Å²) in [5, 5.41) is 10.7. The fraction of sp³-hybridized carbons (Fsp3) is 0.0714. The van der Waals surface area contributed by atoms with Gasteiger partial charge in [-0.1, -0.05) is 17.7 Å². The van der Waals surface area contributed by atoms with Gasteiger partial charge in [-0.2, -0.15) is 0 Å². The van der Waals surface area contributed by atoms with E-state index in [1.807, 2.05) is 0 Å². The Hall–Kier alpha value is -2.47. The zero-order chi connectivity index (χ0) is 15.4. The third-order valence-corrected chi connectivity index (χ3v) is 3.04. The maximum Gasteiger partial charge on any atom is 0.338 e. The van der Waals surface area contributed by atoms with Crippen molar-refractivity contribution in [3.8, 4) is 0 Å². The Morgan fingerprint density at radius 2 is 1.90 bits per heavy atom. The number of non-ortho nitro benzene ring substituents is 1. The van der Waals surface area contributed by atoms with Crippen LogP contribution in [-0.4, -0.2) is 10.9 Å². The maximum atomic E-state index is 12.9. The van der Waals surface area contributed by atoms with Gasteiger partial charge in [0, 0.05) is 17.7 Å². The van der Waals surface area contributed by atoms with Crippen LogP contribution in [0, 0.1) is 15.9 Å². The van der Waals surface area contributed by atoms with Crippen molar-refractivity contribution in [2.24, 2.45) is 0 Å². The first-order chi connectivity index (χ1) is 9.97. The standard InChI is InChI=1S/C14H9ClFNO4/c15-13-7-11(16)4-1-10(13)8-21-14(18)9-2-5-12(6-3-9)17(19)20/h1-7H,8H2. The van der Waals surface area contributed by atoms with Crippen molar-refractivity contribution in [2.45, 2.75) is 6.61 Å². The summed E-state index contributed by atoms with van der Waals surface area (Å²) in [4.78, 5) is 21.7. The van der Waals surface area contributed by atoms with E-state index in [9.17, 15) is 19.3 Å². The molecule has 0 aliphatic carbocycles. The van der Waals surface area contributed by atoms with E-state index in [4.69, 9.17) is 16.3 Å². The minimum atomic E-state index is -0.648. The molecule has 0 aliphatic heterocycles. The van der Waals surface area contributed by atoms with Crippen LogP contribution in [0.4, 0.5) is 10.1 Å². The van der Waals surface area contributed by atoms with E-state index in [1.54, 1.807) is 0 Å². The van der Waals surface area contributed by atoms with Crippen LogP contribution in [0.1, 0.15) is 15.9 Å². The summed E-state index contributed by atoms with van der Waals surface area (Å²) < 4.78 is 17.9. The van der Waals surface area contributed by atoms with Gasteiger partial charge < -0.3 is 4.74 Å². The lowest BCUT2D eigenvalue weighted by atomic mass is 10.2. The summed E-state index contributed by atoms with van der Waals surface area (Å²) in [6, 6.07) is 8.76. The molecule has 2 aromatic carbocycles. The molecule has 0 fully saturated rings. The molecular weight excluding hydrogens is 301 g/mol. The fourth-order valence-corrected chi connectivity index (χ4v) is 1.81. The van der Waals surface area contributed by atoms with E-state index in [2.05, 4.69) is 0 Å². The minimum absolute atomic E-state index is 0.116. The third kappa shape index (κ3) is 3.76. The van der Waals surface area contributed by atoms with E-state index >= 15 is 0 Å². The summed E-state index contributed by atoms with van der Waals surface area (Å²) in [5.74, 6) is -1.13. The summed E-state index contributed by atoms with van der Waals surface area (Å²) in [6.07, 6.45) is 0. The molecule has 0 amide bonds. The molecule has 5 nitrogen and oxygen atoms in total. The Labute approximate surface area is 124 Å². The van der Waals surface area contributed by atoms with Crippen molar-refractivity contribution >= 4 is 23.3 Å². The first kappa shape index (κ1) is 14.9. The number of nitrogens with zero attached hydrogens (tertiary/aromatic N) is 1. The highest BCUT2D eigenvalue weighted by molar-refractivity contribution is 6.31. The molecular formula is C14H9ClFNO4. The predicted octanol–water partition coefficient (Wildman–Crippen LogP) is 3.74. The van der Waals surface area contributed by atoms with Gasteiger partial charge in [-0.05, 0) is 24.3 Å². The normalized spacial score (nSPS) is 10.2. The number of hydrogen-bond donors (Lipinski definition) is 0. The first-order valence-corrected chi connectivity index (χ1v) is 6.20. The molecule has 0 heterocycles. The zero-order valence-corrected chi connectivity index (χ0v) is 11.3. The SMILES string of the molecule is O=C(OCc1ccc(F)cc1Cl)c1ccc([N+](=O)[O-])cc1. The molecule has 0 N–H and O–H groups in total. The van der Waals surface area contributed by atoms with Crippen LogP contribution in [0.15, 0.2) is 42.5 Å². The number of carbonyl (C=O) groups is 1. The highest BCUT2D eigenvalue weighted by atomic mass is 35.5. The van der Waals surface area contributed by atoms with Crippen LogP contribution in [0.2, 0.25) is 5.02 Å². The molecule has 2 rings (SSSR count). The fourth-order valence-electron chi connectivity index (χ4n) is 1.58.